The van der Waals surface area contributed by atoms with Gasteiger partial charge in [-0.25, -0.2) is 4.98 Å². The molecule has 19 heavy (non-hydrogen) atoms. The van der Waals surface area contributed by atoms with E-state index in [1.165, 1.54) is 0 Å². The van der Waals surface area contributed by atoms with Crippen molar-refractivity contribution in [3.63, 3.8) is 0 Å². The second-order valence-corrected chi connectivity index (χ2v) is 5.91. The molecule has 0 saturated carbocycles. The minimum atomic E-state index is 0.0306. The van der Waals surface area contributed by atoms with Crippen LogP contribution in [0, 0.1) is 13.8 Å². The Bertz CT molecular complexity index is 563. The summed E-state index contributed by atoms with van der Waals surface area (Å²) in [5, 5.41) is 4.03. The number of aryl methyl sites for hydroxylation is 2. The monoisotopic (exact) mass is 274 g/mol. The molecule has 1 heterocycles. The fourth-order valence-electron chi connectivity index (χ4n) is 2.00. The van der Waals surface area contributed by atoms with Gasteiger partial charge in [0.15, 0.2) is 0 Å². The standard InChI is InChI=1S/C15H18N2OS/c1-10(13-7-5-4-6-8-13)17-15(18)9-14-11(2)16-12(3)19-14/h4-8,10H,9H2,1-3H3,(H,17,18)/t10-/m1/s1. The van der Waals surface area contributed by atoms with E-state index >= 15 is 0 Å². The number of nitrogens with zero attached hydrogens (tertiary/aromatic N) is 1. The smallest absolute Gasteiger partial charge is 0.225 e. The van der Waals surface area contributed by atoms with Crippen molar-refractivity contribution in [3.05, 3.63) is 51.5 Å². The summed E-state index contributed by atoms with van der Waals surface area (Å²) in [7, 11) is 0. The van der Waals surface area contributed by atoms with Crippen molar-refractivity contribution < 1.29 is 4.79 Å². The molecule has 1 aromatic carbocycles. The molecule has 1 amide bonds. The predicted octanol–water partition coefficient (Wildman–Crippen LogP) is 3.18. The highest BCUT2D eigenvalue weighted by molar-refractivity contribution is 7.11. The zero-order chi connectivity index (χ0) is 13.8. The first-order valence-electron chi connectivity index (χ1n) is 6.33. The fourth-order valence-corrected chi connectivity index (χ4v) is 2.94. The van der Waals surface area contributed by atoms with Gasteiger partial charge >= 0.3 is 0 Å². The van der Waals surface area contributed by atoms with E-state index in [0.717, 1.165) is 21.1 Å². The molecule has 0 aliphatic heterocycles. The molecular formula is C15H18N2OS. The van der Waals surface area contributed by atoms with E-state index < -0.39 is 0 Å². The third-order valence-corrected chi connectivity index (χ3v) is 4.07. The molecule has 0 aliphatic carbocycles. The highest BCUT2D eigenvalue weighted by atomic mass is 32.1. The van der Waals surface area contributed by atoms with Crippen LogP contribution < -0.4 is 5.32 Å². The molecule has 4 heteroatoms. The van der Waals surface area contributed by atoms with Crippen LogP contribution in [-0.2, 0) is 11.2 Å². The molecule has 0 saturated heterocycles. The highest BCUT2D eigenvalue weighted by Gasteiger charge is 2.13. The van der Waals surface area contributed by atoms with E-state index in [2.05, 4.69) is 10.3 Å². The Hall–Kier alpha value is -1.68. The summed E-state index contributed by atoms with van der Waals surface area (Å²) < 4.78 is 0. The van der Waals surface area contributed by atoms with Crippen molar-refractivity contribution in [2.24, 2.45) is 0 Å². The quantitative estimate of drug-likeness (QED) is 0.930. The van der Waals surface area contributed by atoms with Crippen molar-refractivity contribution >= 4 is 17.2 Å². The first-order chi connectivity index (χ1) is 9.06. The Labute approximate surface area is 117 Å². The maximum Gasteiger partial charge on any atom is 0.225 e. The minimum absolute atomic E-state index is 0.0306. The van der Waals surface area contributed by atoms with Crippen molar-refractivity contribution in [2.75, 3.05) is 0 Å². The van der Waals surface area contributed by atoms with Gasteiger partial charge in [0.1, 0.15) is 0 Å². The van der Waals surface area contributed by atoms with Gasteiger partial charge in [-0.2, -0.15) is 0 Å². The summed E-state index contributed by atoms with van der Waals surface area (Å²) in [5.41, 5.74) is 2.08. The number of thiazole rings is 1. The van der Waals surface area contributed by atoms with Crippen LogP contribution in [0.3, 0.4) is 0 Å². The van der Waals surface area contributed by atoms with Gasteiger partial charge in [0.2, 0.25) is 5.91 Å². The van der Waals surface area contributed by atoms with Crippen molar-refractivity contribution in [2.45, 2.75) is 33.2 Å². The maximum absolute atomic E-state index is 12.0. The van der Waals surface area contributed by atoms with E-state index in [-0.39, 0.29) is 11.9 Å². The van der Waals surface area contributed by atoms with Gasteiger partial charge < -0.3 is 5.32 Å². The van der Waals surface area contributed by atoms with Gasteiger partial charge in [-0.3, -0.25) is 4.79 Å². The lowest BCUT2D eigenvalue weighted by Gasteiger charge is -2.13. The molecule has 0 bridgehead atoms. The third kappa shape index (κ3) is 3.64. The number of amides is 1. The van der Waals surface area contributed by atoms with Crippen molar-refractivity contribution in [1.82, 2.24) is 10.3 Å². The molecule has 1 aromatic heterocycles. The lowest BCUT2D eigenvalue weighted by Crippen LogP contribution is -2.28. The summed E-state index contributed by atoms with van der Waals surface area (Å²) >= 11 is 1.59. The largest absolute Gasteiger partial charge is 0.349 e. The van der Waals surface area contributed by atoms with Crippen LogP contribution in [0.1, 0.15) is 34.1 Å². The Morgan fingerprint density at radius 3 is 2.58 bits per heavy atom. The zero-order valence-electron chi connectivity index (χ0n) is 11.4. The molecule has 0 radical (unpaired) electrons. The van der Waals surface area contributed by atoms with Gasteiger partial charge in [-0.15, -0.1) is 11.3 Å². The number of hydrogen-bond acceptors (Lipinski definition) is 3. The van der Waals surface area contributed by atoms with Gasteiger partial charge in [-0.05, 0) is 26.3 Å². The number of hydrogen-bond donors (Lipinski definition) is 1. The minimum Gasteiger partial charge on any atom is -0.349 e. The van der Waals surface area contributed by atoms with Crippen LogP contribution >= 0.6 is 11.3 Å². The Balaban J connectivity index is 1.96. The number of aromatic nitrogens is 1. The molecule has 0 fully saturated rings. The number of benzene rings is 1. The molecule has 0 unspecified atom stereocenters. The summed E-state index contributed by atoms with van der Waals surface area (Å²) in [4.78, 5) is 17.4. The Kier molecular flexibility index (Phi) is 4.32. The molecule has 0 aliphatic rings. The van der Waals surface area contributed by atoms with Crippen LogP contribution in [0.4, 0.5) is 0 Å². The molecule has 0 spiro atoms. The number of nitrogens with one attached hydrogen (secondary N) is 1. The van der Waals surface area contributed by atoms with Gasteiger partial charge in [-0.1, -0.05) is 30.3 Å². The van der Waals surface area contributed by atoms with Crippen molar-refractivity contribution in [1.29, 1.82) is 0 Å². The molecule has 3 nitrogen and oxygen atoms in total. The zero-order valence-corrected chi connectivity index (χ0v) is 12.3. The molecular weight excluding hydrogens is 256 g/mol. The first kappa shape index (κ1) is 13.7. The second-order valence-electron chi connectivity index (χ2n) is 4.62. The molecule has 1 atom stereocenters. The molecule has 2 rings (SSSR count). The second kappa shape index (κ2) is 5.97. The normalized spacial score (nSPS) is 12.2. The van der Waals surface area contributed by atoms with E-state index in [1.54, 1.807) is 11.3 Å². The number of carbonyl (C=O) groups excluding carboxylic acids is 1. The summed E-state index contributed by atoms with van der Waals surface area (Å²) in [6.45, 7) is 5.91. The molecule has 100 valence electrons. The summed E-state index contributed by atoms with van der Waals surface area (Å²) in [6.07, 6.45) is 0.411. The molecule has 1 N–H and O–H groups in total. The van der Waals surface area contributed by atoms with Crippen LogP contribution in [-0.4, -0.2) is 10.9 Å². The van der Waals surface area contributed by atoms with E-state index in [1.807, 2.05) is 51.1 Å². The molecule has 2 aromatic rings. The Morgan fingerprint density at radius 1 is 1.32 bits per heavy atom. The SMILES string of the molecule is Cc1nc(C)c(CC(=O)N[C@H](C)c2ccccc2)s1. The highest BCUT2D eigenvalue weighted by Crippen LogP contribution is 2.18. The topological polar surface area (TPSA) is 42.0 Å². The number of carbonyl (C=O) groups is 1. The average molecular weight is 274 g/mol. The van der Waals surface area contributed by atoms with E-state index in [4.69, 9.17) is 0 Å². The van der Waals surface area contributed by atoms with Gasteiger partial charge in [0.05, 0.1) is 23.2 Å². The van der Waals surface area contributed by atoms with Crippen molar-refractivity contribution in [3.8, 4) is 0 Å². The maximum atomic E-state index is 12.0. The lowest BCUT2D eigenvalue weighted by molar-refractivity contribution is -0.121. The van der Waals surface area contributed by atoms with Crippen LogP contribution in [0.15, 0.2) is 30.3 Å². The number of rotatable bonds is 4. The lowest BCUT2D eigenvalue weighted by atomic mass is 10.1. The van der Waals surface area contributed by atoms with E-state index in [9.17, 15) is 4.79 Å². The van der Waals surface area contributed by atoms with Crippen LogP contribution in [0.25, 0.3) is 0 Å². The fraction of sp³-hybridized carbons (Fsp3) is 0.333. The van der Waals surface area contributed by atoms with Crippen LogP contribution in [0.2, 0.25) is 0 Å². The van der Waals surface area contributed by atoms with Gasteiger partial charge in [0, 0.05) is 4.88 Å². The summed E-state index contributed by atoms with van der Waals surface area (Å²) in [5.74, 6) is 0.0445. The Morgan fingerprint density at radius 2 is 2.00 bits per heavy atom. The van der Waals surface area contributed by atoms with Gasteiger partial charge in [0.25, 0.3) is 0 Å². The third-order valence-electron chi connectivity index (χ3n) is 3.00. The van der Waals surface area contributed by atoms with E-state index in [0.29, 0.717) is 6.42 Å². The predicted molar refractivity (Wildman–Crippen MR) is 78.3 cm³/mol. The summed E-state index contributed by atoms with van der Waals surface area (Å²) in [6, 6.07) is 10.0. The first-order valence-corrected chi connectivity index (χ1v) is 7.15. The van der Waals surface area contributed by atoms with Crippen LogP contribution in [0.5, 0.6) is 0 Å². The average Bonchev–Trinajstić information content (AvgIpc) is 2.68.